The Morgan fingerprint density at radius 1 is 1.29 bits per heavy atom. The van der Waals surface area contributed by atoms with Gasteiger partial charge in [-0.25, -0.2) is 4.98 Å². The van der Waals surface area contributed by atoms with Gasteiger partial charge in [0.15, 0.2) is 0 Å². The lowest BCUT2D eigenvalue weighted by Gasteiger charge is -2.08. The van der Waals surface area contributed by atoms with Crippen molar-refractivity contribution < 1.29 is 0 Å². The van der Waals surface area contributed by atoms with E-state index in [4.69, 9.17) is 0 Å². The van der Waals surface area contributed by atoms with Crippen molar-refractivity contribution >= 4 is 11.3 Å². The van der Waals surface area contributed by atoms with Crippen LogP contribution in [0.1, 0.15) is 35.3 Å². The van der Waals surface area contributed by atoms with Crippen LogP contribution in [0, 0.1) is 0 Å². The molecule has 0 bridgehead atoms. The monoisotopic (exact) mass is 246 g/mol. The minimum absolute atomic E-state index is 0.405. The third-order valence-corrected chi connectivity index (χ3v) is 3.89. The summed E-state index contributed by atoms with van der Waals surface area (Å²) in [6, 6.07) is 10.9. The SMILES string of the molecule is CCNC(C)c1cnc(Cc2ccccc2)s1. The third-order valence-electron chi connectivity index (χ3n) is 2.71. The Hall–Kier alpha value is -1.19. The first-order valence-electron chi connectivity index (χ1n) is 6.01. The first kappa shape index (κ1) is 12.3. The van der Waals surface area contributed by atoms with Crippen molar-refractivity contribution in [1.82, 2.24) is 10.3 Å². The lowest BCUT2D eigenvalue weighted by molar-refractivity contribution is 0.606. The van der Waals surface area contributed by atoms with E-state index in [1.54, 1.807) is 11.3 Å². The summed E-state index contributed by atoms with van der Waals surface area (Å²) >= 11 is 1.80. The van der Waals surface area contributed by atoms with Crippen molar-refractivity contribution in [3.63, 3.8) is 0 Å². The van der Waals surface area contributed by atoms with E-state index in [0.717, 1.165) is 13.0 Å². The summed E-state index contributed by atoms with van der Waals surface area (Å²) < 4.78 is 0. The van der Waals surface area contributed by atoms with Crippen molar-refractivity contribution in [3.8, 4) is 0 Å². The molecule has 2 nitrogen and oxygen atoms in total. The number of aromatic nitrogens is 1. The molecule has 2 aromatic rings. The lowest BCUT2D eigenvalue weighted by atomic mass is 10.2. The summed E-state index contributed by atoms with van der Waals surface area (Å²) in [6.07, 6.45) is 2.93. The first-order chi connectivity index (χ1) is 8.29. The fourth-order valence-corrected chi connectivity index (χ4v) is 2.77. The largest absolute Gasteiger partial charge is 0.310 e. The quantitative estimate of drug-likeness (QED) is 0.874. The Bertz CT molecular complexity index is 450. The van der Waals surface area contributed by atoms with E-state index in [9.17, 15) is 0 Å². The van der Waals surface area contributed by atoms with Crippen LogP contribution in [0.4, 0.5) is 0 Å². The molecular formula is C14H18N2S. The molecule has 3 heteroatoms. The number of nitrogens with zero attached hydrogens (tertiary/aromatic N) is 1. The molecule has 1 atom stereocenters. The highest BCUT2D eigenvalue weighted by atomic mass is 32.1. The zero-order valence-corrected chi connectivity index (χ0v) is 11.1. The summed E-state index contributed by atoms with van der Waals surface area (Å²) in [5.41, 5.74) is 1.32. The van der Waals surface area contributed by atoms with Gasteiger partial charge in [0.25, 0.3) is 0 Å². The normalized spacial score (nSPS) is 12.6. The Labute approximate surface area is 107 Å². The molecule has 0 spiro atoms. The summed E-state index contributed by atoms with van der Waals surface area (Å²) in [4.78, 5) is 5.81. The summed E-state index contributed by atoms with van der Waals surface area (Å²) in [7, 11) is 0. The molecule has 0 saturated carbocycles. The van der Waals surface area contributed by atoms with Crippen LogP contribution in [-0.2, 0) is 6.42 Å². The average molecular weight is 246 g/mol. The molecule has 0 aliphatic carbocycles. The van der Waals surface area contributed by atoms with Crippen LogP contribution >= 0.6 is 11.3 Å². The molecule has 1 heterocycles. The summed E-state index contributed by atoms with van der Waals surface area (Å²) in [5, 5.41) is 4.60. The molecule has 0 aliphatic heterocycles. The molecule has 1 aromatic heterocycles. The molecule has 1 N–H and O–H groups in total. The van der Waals surface area contributed by atoms with Gasteiger partial charge in [-0.1, -0.05) is 37.3 Å². The van der Waals surface area contributed by atoms with Gasteiger partial charge in [0.1, 0.15) is 0 Å². The van der Waals surface area contributed by atoms with E-state index in [2.05, 4.69) is 48.4 Å². The zero-order chi connectivity index (χ0) is 12.1. The smallest absolute Gasteiger partial charge is 0.0972 e. The summed E-state index contributed by atoms with van der Waals surface area (Å²) in [6.45, 7) is 5.30. The predicted octanol–water partition coefficient (Wildman–Crippen LogP) is 3.40. The van der Waals surface area contributed by atoms with E-state index in [-0.39, 0.29) is 0 Å². The number of benzene rings is 1. The summed E-state index contributed by atoms with van der Waals surface area (Å²) in [5.74, 6) is 0. The van der Waals surface area contributed by atoms with Gasteiger partial charge in [-0.05, 0) is 19.0 Å². The molecular weight excluding hydrogens is 228 g/mol. The molecule has 0 amide bonds. The van der Waals surface area contributed by atoms with Gasteiger partial charge < -0.3 is 5.32 Å². The van der Waals surface area contributed by atoms with E-state index < -0.39 is 0 Å². The molecule has 1 unspecified atom stereocenters. The van der Waals surface area contributed by atoms with E-state index in [1.807, 2.05) is 12.3 Å². The maximum atomic E-state index is 4.49. The van der Waals surface area contributed by atoms with E-state index >= 15 is 0 Å². The van der Waals surface area contributed by atoms with E-state index in [0.29, 0.717) is 6.04 Å². The van der Waals surface area contributed by atoms with Crippen molar-refractivity contribution in [2.45, 2.75) is 26.3 Å². The van der Waals surface area contributed by atoms with Crippen LogP contribution in [0.15, 0.2) is 36.5 Å². The average Bonchev–Trinajstić information content (AvgIpc) is 2.79. The minimum Gasteiger partial charge on any atom is -0.310 e. The standard InChI is InChI=1S/C14H18N2S/c1-3-15-11(2)13-10-16-14(17-13)9-12-7-5-4-6-8-12/h4-8,10-11,15H,3,9H2,1-2H3. The van der Waals surface area contributed by atoms with Crippen molar-refractivity contribution in [2.24, 2.45) is 0 Å². The van der Waals surface area contributed by atoms with E-state index in [1.165, 1.54) is 15.4 Å². The van der Waals surface area contributed by atoms with Crippen molar-refractivity contribution in [1.29, 1.82) is 0 Å². The fourth-order valence-electron chi connectivity index (χ4n) is 1.78. The van der Waals surface area contributed by atoms with Crippen LogP contribution in [0.3, 0.4) is 0 Å². The number of rotatable bonds is 5. The lowest BCUT2D eigenvalue weighted by Crippen LogP contribution is -2.16. The zero-order valence-electron chi connectivity index (χ0n) is 10.3. The molecule has 0 aliphatic rings. The highest BCUT2D eigenvalue weighted by molar-refractivity contribution is 7.11. The second-order valence-electron chi connectivity index (χ2n) is 4.10. The Balaban J connectivity index is 2.04. The molecule has 90 valence electrons. The molecule has 0 saturated heterocycles. The van der Waals surface area contributed by atoms with Gasteiger partial charge in [-0.15, -0.1) is 11.3 Å². The highest BCUT2D eigenvalue weighted by Crippen LogP contribution is 2.22. The molecule has 1 aromatic carbocycles. The fraction of sp³-hybridized carbons (Fsp3) is 0.357. The number of hydrogen-bond acceptors (Lipinski definition) is 3. The molecule has 0 radical (unpaired) electrons. The Morgan fingerprint density at radius 3 is 2.76 bits per heavy atom. The maximum Gasteiger partial charge on any atom is 0.0972 e. The second kappa shape index (κ2) is 5.94. The minimum atomic E-state index is 0.405. The number of hydrogen-bond donors (Lipinski definition) is 1. The Morgan fingerprint density at radius 2 is 2.06 bits per heavy atom. The molecule has 2 rings (SSSR count). The van der Waals surface area contributed by atoms with Gasteiger partial charge in [-0.3, -0.25) is 0 Å². The van der Waals surface area contributed by atoms with Gasteiger partial charge in [0.2, 0.25) is 0 Å². The van der Waals surface area contributed by atoms with Crippen LogP contribution in [0.2, 0.25) is 0 Å². The van der Waals surface area contributed by atoms with Crippen LogP contribution in [0.5, 0.6) is 0 Å². The Kier molecular flexibility index (Phi) is 4.29. The highest BCUT2D eigenvalue weighted by Gasteiger charge is 2.08. The molecule has 17 heavy (non-hydrogen) atoms. The van der Waals surface area contributed by atoms with Crippen molar-refractivity contribution in [2.75, 3.05) is 6.54 Å². The molecule has 0 fully saturated rings. The van der Waals surface area contributed by atoms with Gasteiger partial charge in [-0.2, -0.15) is 0 Å². The van der Waals surface area contributed by atoms with Crippen LogP contribution in [-0.4, -0.2) is 11.5 Å². The topological polar surface area (TPSA) is 24.9 Å². The second-order valence-corrected chi connectivity index (χ2v) is 5.24. The van der Waals surface area contributed by atoms with Gasteiger partial charge in [0, 0.05) is 23.5 Å². The predicted molar refractivity (Wildman–Crippen MR) is 73.5 cm³/mol. The number of thiazole rings is 1. The number of nitrogens with one attached hydrogen (secondary N) is 1. The third kappa shape index (κ3) is 3.38. The van der Waals surface area contributed by atoms with Gasteiger partial charge in [0.05, 0.1) is 5.01 Å². The van der Waals surface area contributed by atoms with Crippen molar-refractivity contribution in [3.05, 3.63) is 52.0 Å². The van der Waals surface area contributed by atoms with Crippen LogP contribution in [0.25, 0.3) is 0 Å². The first-order valence-corrected chi connectivity index (χ1v) is 6.83. The van der Waals surface area contributed by atoms with Crippen LogP contribution < -0.4 is 5.32 Å². The maximum absolute atomic E-state index is 4.49. The van der Waals surface area contributed by atoms with Gasteiger partial charge >= 0.3 is 0 Å².